The number of unbranched alkanes of at least 4 members (excludes halogenated alkanes) is 13. The Morgan fingerprint density at radius 2 is 1.46 bits per heavy atom. The van der Waals surface area contributed by atoms with E-state index >= 15 is 0 Å². The summed E-state index contributed by atoms with van der Waals surface area (Å²) in [5.74, 6) is 0.561. The highest BCUT2D eigenvalue weighted by Gasteiger charge is 2.15. The van der Waals surface area contributed by atoms with Gasteiger partial charge in [-0.15, -0.1) is 0 Å². The van der Waals surface area contributed by atoms with Gasteiger partial charge >= 0.3 is 0 Å². The normalized spacial score (nSPS) is 14.2. The molecule has 212 valence electrons. The fourth-order valence-electron chi connectivity index (χ4n) is 4.64. The summed E-state index contributed by atoms with van der Waals surface area (Å²) in [4.78, 5) is 12.6. The smallest absolute Gasteiger partial charge is 0.165 e. The topological polar surface area (TPSA) is 88.1 Å². The second kappa shape index (κ2) is 19.9. The van der Waals surface area contributed by atoms with Crippen LogP contribution in [0.1, 0.15) is 117 Å². The van der Waals surface area contributed by atoms with Crippen LogP contribution in [0.25, 0.3) is 11.2 Å². The molecule has 2 rings (SSSR count). The van der Waals surface area contributed by atoms with Gasteiger partial charge in [-0.25, -0.2) is 15.0 Å². The molecule has 0 amide bonds. The first-order valence-electron chi connectivity index (χ1n) is 14.7. The number of hydrogen-bond acceptors (Lipinski definition) is 7. The maximum absolute atomic E-state index is 6.18. The van der Waals surface area contributed by atoms with Crippen LogP contribution in [-0.2, 0) is 27.8 Å². The van der Waals surface area contributed by atoms with E-state index in [0.717, 1.165) is 25.1 Å². The van der Waals surface area contributed by atoms with Gasteiger partial charge in [0.1, 0.15) is 11.8 Å². The molecule has 37 heavy (non-hydrogen) atoms. The van der Waals surface area contributed by atoms with E-state index in [1.165, 1.54) is 89.8 Å². The molecule has 0 aliphatic carbocycles. The predicted octanol–water partition coefficient (Wildman–Crippen LogP) is 7.68. The van der Waals surface area contributed by atoms with Crippen molar-refractivity contribution in [3.8, 4) is 0 Å². The second-order valence-electron chi connectivity index (χ2n) is 10.3. The summed E-state index contributed by atoms with van der Waals surface area (Å²) >= 11 is 5.82. The van der Waals surface area contributed by atoms with E-state index in [1.54, 1.807) is 6.33 Å². The molecule has 0 aliphatic heterocycles. The van der Waals surface area contributed by atoms with Crippen LogP contribution in [0.2, 0.25) is 0 Å². The molecule has 0 saturated carbocycles. The van der Waals surface area contributed by atoms with Crippen LogP contribution in [-0.4, -0.2) is 44.4 Å². The van der Waals surface area contributed by atoms with Gasteiger partial charge in [0.05, 0.1) is 31.2 Å². The maximum atomic E-state index is 6.18. The van der Waals surface area contributed by atoms with Gasteiger partial charge in [0, 0.05) is 6.61 Å². The van der Waals surface area contributed by atoms with Crippen molar-refractivity contribution in [3.05, 3.63) is 12.7 Å². The lowest BCUT2D eigenvalue weighted by Gasteiger charge is -2.21. The van der Waals surface area contributed by atoms with Gasteiger partial charge in [0.2, 0.25) is 0 Å². The van der Waals surface area contributed by atoms with Crippen LogP contribution in [0.3, 0.4) is 0 Å². The minimum Gasteiger partial charge on any atom is -0.382 e. The molecule has 2 heterocycles. The lowest BCUT2D eigenvalue weighted by atomic mass is 10.0. The van der Waals surface area contributed by atoms with Crippen molar-refractivity contribution in [1.29, 1.82) is 0 Å². The lowest BCUT2D eigenvalue weighted by molar-refractivity contribution is 0.0785. The number of aromatic nitrogens is 4. The average Bonchev–Trinajstić information content (AvgIpc) is 3.31. The van der Waals surface area contributed by atoms with Crippen LogP contribution < -0.4 is 5.73 Å². The molecule has 0 radical (unpaired) electrons. The summed E-state index contributed by atoms with van der Waals surface area (Å²) < 4.78 is 14.2. The number of nitrogens with zero attached hydrogens (tertiary/aromatic N) is 4. The minimum absolute atomic E-state index is 0.000147. The highest BCUT2D eigenvalue weighted by atomic mass is 32.4. The van der Waals surface area contributed by atoms with Crippen molar-refractivity contribution in [1.82, 2.24) is 19.5 Å². The number of nitrogen functional groups attached to an aromatic ring is 1. The van der Waals surface area contributed by atoms with Crippen molar-refractivity contribution in [3.63, 3.8) is 0 Å². The van der Waals surface area contributed by atoms with Gasteiger partial charge in [-0.3, -0.25) is 0 Å². The zero-order valence-corrected chi connectivity index (χ0v) is 25.4. The third-order valence-corrected chi connectivity index (χ3v) is 9.83. The highest BCUT2D eigenvalue weighted by Crippen LogP contribution is 2.32. The molecule has 7 nitrogen and oxygen atoms in total. The van der Waals surface area contributed by atoms with Gasteiger partial charge < -0.3 is 19.8 Å². The molecule has 2 aromatic rings. The first kappa shape index (κ1) is 32.1. The Bertz CT molecular complexity index is 881. The molecule has 9 heteroatoms. The first-order valence-corrected chi connectivity index (χ1v) is 17.7. The summed E-state index contributed by atoms with van der Waals surface area (Å²) in [6.07, 6.45) is 24.0. The predicted molar refractivity (Wildman–Crippen MR) is 161 cm³/mol. The number of hydrogen-bond donors (Lipinski definition) is 1. The van der Waals surface area contributed by atoms with E-state index in [9.17, 15) is 0 Å². The largest absolute Gasteiger partial charge is 0.382 e. The van der Waals surface area contributed by atoms with Gasteiger partial charge in [0.25, 0.3) is 0 Å². The van der Waals surface area contributed by atoms with Crippen LogP contribution in [0.4, 0.5) is 5.82 Å². The molecular formula is C28H52N5O2PS. The number of fused-ring (bicyclic) bond motifs is 1. The molecule has 0 fully saturated rings. The van der Waals surface area contributed by atoms with Gasteiger partial charge in [-0.2, -0.15) is 0 Å². The minimum atomic E-state index is -1.15. The molecule has 2 aromatic heterocycles. The first-order chi connectivity index (χ1) is 18.1. The number of anilines is 1. The van der Waals surface area contributed by atoms with Crippen molar-refractivity contribution >= 4 is 35.5 Å². The van der Waals surface area contributed by atoms with E-state index in [2.05, 4.69) is 35.7 Å². The maximum Gasteiger partial charge on any atom is 0.165 e. The lowest BCUT2D eigenvalue weighted by Crippen LogP contribution is -2.18. The number of rotatable bonds is 23. The number of ether oxygens (including phenoxy) is 2. The fourth-order valence-corrected chi connectivity index (χ4v) is 6.94. The zero-order valence-electron chi connectivity index (χ0n) is 23.6. The van der Waals surface area contributed by atoms with Crippen molar-refractivity contribution in [2.45, 2.75) is 136 Å². The molecule has 3 unspecified atom stereocenters. The third kappa shape index (κ3) is 13.0. The van der Waals surface area contributed by atoms with Crippen molar-refractivity contribution in [2.75, 3.05) is 18.7 Å². The standard InChI is InChI=1S/C28H52N5O2PS/c1-4-6-7-8-9-10-11-12-13-14-15-16-17-18-19-34-25(5-2)36(37)23-35-24(3)20-33-22-32-26-27(29)30-21-31-28(26)33/h21-22,24-25,36H,4-20,23H2,1-3H3,(H2,29,30,31). The molecule has 0 aromatic carbocycles. The second-order valence-corrected chi connectivity index (χ2v) is 13.7. The van der Waals surface area contributed by atoms with Gasteiger partial charge in [-0.05, 0) is 26.5 Å². The van der Waals surface area contributed by atoms with Crippen LogP contribution >= 0.6 is 6.70 Å². The average molecular weight is 554 g/mol. The highest BCUT2D eigenvalue weighted by molar-refractivity contribution is 8.05. The number of nitrogens with two attached hydrogens (primary N) is 1. The summed E-state index contributed by atoms with van der Waals surface area (Å²) in [5.41, 5.74) is 7.24. The van der Waals surface area contributed by atoms with E-state index in [4.69, 9.17) is 27.0 Å². The van der Waals surface area contributed by atoms with Crippen LogP contribution in [0, 0.1) is 0 Å². The van der Waals surface area contributed by atoms with E-state index in [1.807, 2.05) is 4.57 Å². The summed E-state index contributed by atoms with van der Waals surface area (Å²) in [6.45, 7) is 6.82. The molecule has 0 saturated heterocycles. The molecule has 0 aliphatic rings. The summed E-state index contributed by atoms with van der Waals surface area (Å²) in [7, 11) is 0. The van der Waals surface area contributed by atoms with Gasteiger partial charge in [-0.1, -0.05) is 109 Å². The molecule has 2 N–H and O–H groups in total. The quantitative estimate of drug-likeness (QED) is 0.111. The van der Waals surface area contributed by atoms with Crippen LogP contribution in [0.15, 0.2) is 12.7 Å². The Balaban J connectivity index is 1.48. The van der Waals surface area contributed by atoms with E-state index < -0.39 is 6.70 Å². The molecule has 0 spiro atoms. The van der Waals surface area contributed by atoms with Crippen molar-refractivity contribution in [2.24, 2.45) is 0 Å². The Labute approximate surface area is 231 Å². The zero-order chi connectivity index (χ0) is 26.7. The van der Waals surface area contributed by atoms with Gasteiger partial charge in [0.15, 0.2) is 11.5 Å². The Morgan fingerprint density at radius 1 is 0.865 bits per heavy atom. The van der Waals surface area contributed by atoms with Crippen LogP contribution in [0.5, 0.6) is 0 Å². The SMILES string of the molecule is CCCCCCCCCCCCCCCCOC(CC)[PH](=S)COC(C)Cn1cnc2c(N)ncnc21. The fraction of sp³-hybridized carbons (Fsp3) is 0.821. The summed E-state index contributed by atoms with van der Waals surface area (Å²) in [5, 5.41) is 0. The number of imidazole rings is 1. The van der Waals surface area contributed by atoms with E-state index in [-0.39, 0.29) is 11.9 Å². The monoisotopic (exact) mass is 553 g/mol. The molecular weight excluding hydrogens is 501 g/mol. The summed E-state index contributed by atoms with van der Waals surface area (Å²) in [6, 6.07) is 0. The molecule has 0 bridgehead atoms. The Morgan fingerprint density at radius 3 is 2.05 bits per heavy atom. The molecule has 3 atom stereocenters. The van der Waals surface area contributed by atoms with Crippen molar-refractivity contribution < 1.29 is 9.47 Å². The third-order valence-electron chi connectivity index (χ3n) is 6.94. The Hall–Kier alpha value is -1.08. The van der Waals surface area contributed by atoms with E-state index in [0.29, 0.717) is 24.2 Å². The Kier molecular flexibility index (Phi) is 17.3.